The van der Waals surface area contributed by atoms with Crippen molar-refractivity contribution in [2.24, 2.45) is 0 Å². The molecule has 1 aromatic heterocycles. The molecule has 0 aliphatic rings. The van der Waals surface area contributed by atoms with Crippen LogP contribution in [0.5, 0.6) is 0 Å². The first-order valence-electron chi connectivity index (χ1n) is 7.79. The third-order valence-corrected chi connectivity index (χ3v) is 3.63. The number of fused-ring (bicyclic) bond motifs is 1. The fraction of sp³-hybridized carbons (Fsp3) is 0.0556. The number of para-hydroxylation sites is 1. The summed E-state index contributed by atoms with van der Waals surface area (Å²) in [7, 11) is 0. The van der Waals surface area contributed by atoms with Crippen molar-refractivity contribution in [3.05, 3.63) is 80.4 Å². The SMILES string of the molecule is O=C(COC(=O)c1cc2ccccc2oc1=O)Nc1ccc(F)cc1[N+](=O)[O-]. The van der Waals surface area contributed by atoms with Crippen LogP contribution >= 0.6 is 0 Å². The summed E-state index contributed by atoms with van der Waals surface area (Å²) in [5.74, 6) is -2.85. The van der Waals surface area contributed by atoms with E-state index >= 15 is 0 Å². The zero-order valence-corrected chi connectivity index (χ0v) is 14.0. The molecule has 0 spiro atoms. The molecule has 0 radical (unpaired) electrons. The van der Waals surface area contributed by atoms with Gasteiger partial charge in [-0.05, 0) is 24.3 Å². The second-order valence-corrected chi connectivity index (χ2v) is 5.53. The van der Waals surface area contributed by atoms with Crippen LogP contribution in [0.3, 0.4) is 0 Å². The number of nitrogens with zero attached hydrogens (tertiary/aromatic N) is 1. The van der Waals surface area contributed by atoms with Gasteiger partial charge in [0.15, 0.2) is 6.61 Å². The molecule has 142 valence electrons. The van der Waals surface area contributed by atoms with Crippen molar-refractivity contribution < 1.29 is 28.1 Å². The zero-order valence-electron chi connectivity index (χ0n) is 14.0. The Labute approximate surface area is 155 Å². The van der Waals surface area contributed by atoms with E-state index in [-0.39, 0.29) is 11.3 Å². The summed E-state index contributed by atoms with van der Waals surface area (Å²) in [5.41, 5.74) is -1.98. The molecular weight excluding hydrogens is 375 g/mol. The van der Waals surface area contributed by atoms with Gasteiger partial charge in [-0.1, -0.05) is 18.2 Å². The number of hydrogen-bond acceptors (Lipinski definition) is 7. The minimum absolute atomic E-state index is 0.266. The Hall–Kier alpha value is -4.08. The van der Waals surface area contributed by atoms with E-state index in [2.05, 4.69) is 5.32 Å². The summed E-state index contributed by atoms with van der Waals surface area (Å²) in [6.45, 7) is -0.820. The molecule has 3 rings (SSSR count). The van der Waals surface area contributed by atoms with Gasteiger partial charge in [-0.3, -0.25) is 14.9 Å². The molecule has 10 heteroatoms. The zero-order chi connectivity index (χ0) is 20.3. The van der Waals surface area contributed by atoms with Gasteiger partial charge in [0.2, 0.25) is 0 Å². The summed E-state index contributed by atoms with van der Waals surface area (Å²) in [5, 5.41) is 13.5. The molecule has 28 heavy (non-hydrogen) atoms. The number of esters is 1. The molecule has 1 heterocycles. The summed E-state index contributed by atoms with van der Waals surface area (Å²) >= 11 is 0. The van der Waals surface area contributed by atoms with Crippen LogP contribution in [0.25, 0.3) is 11.0 Å². The summed E-state index contributed by atoms with van der Waals surface area (Å²) < 4.78 is 22.9. The van der Waals surface area contributed by atoms with Gasteiger partial charge in [0, 0.05) is 5.39 Å². The Morgan fingerprint density at radius 3 is 2.68 bits per heavy atom. The number of amides is 1. The van der Waals surface area contributed by atoms with Gasteiger partial charge < -0.3 is 14.5 Å². The number of nitro groups is 1. The lowest BCUT2D eigenvalue weighted by molar-refractivity contribution is -0.384. The van der Waals surface area contributed by atoms with E-state index < -0.39 is 46.1 Å². The fourth-order valence-electron chi connectivity index (χ4n) is 2.36. The van der Waals surface area contributed by atoms with E-state index in [1.54, 1.807) is 24.3 Å². The smallest absolute Gasteiger partial charge is 0.351 e. The minimum Gasteiger partial charge on any atom is -0.452 e. The second-order valence-electron chi connectivity index (χ2n) is 5.53. The van der Waals surface area contributed by atoms with Crippen LogP contribution in [-0.2, 0) is 9.53 Å². The largest absolute Gasteiger partial charge is 0.452 e. The molecule has 3 aromatic rings. The Balaban J connectivity index is 1.70. The van der Waals surface area contributed by atoms with Gasteiger partial charge in [0.1, 0.15) is 22.7 Å². The van der Waals surface area contributed by atoms with E-state index in [0.29, 0.717) is 11.5 Å². The van der Waals surface area contributed by atoms with Crippen LogP contribution in [0.4, 0.5) is 15.8 Å². The predicted molar refractivity (Wildman–Crippen MR) is 94.5 cm³/mol. The molecule has 0 aliphatic carbocycles. The number of hydrogen-bond donors (Lipinski definition) is 1. The number of anilines is 1. The van der Waals surface area contributed by atoms with E-state index in [1.807, 2.05) is 0 Å². The molecule has 0 aliphatic heterocycles. The summed E-state index contributed by atoms with van der Waals surface area (Å²) in [4.78, 5) is 45.9. The maximum Gasteiger partial charge on any atom is 0.351 e. The second kappa shape index (κ2) is 7.66. The normalized spacial score (nSPS) is 10.5. The van der Waals surface area contributed by atoms with Crippen molar-refractivity contribution in [1.82, 2.24) is 0 Å². The Morgan fingerprint density at radius 2 is 1.93 bits per heavy atom. The number of rotatable bonds is 5. The maximum absolute atomic E-state index is 13.1. The van der Waals surface area contributed by atoms with E-state index in [0.717, 1.165) is 12.1 Å². The lowest BCUT2D eigenvalue weighted by Gasteiger charge is -2.07. The lowest BCUT2D eigenvalue weighted by Crippen LogP contribution is -2.24. The van der Waals surface area contributed by atoms with Crippen LogP contribution in [0.2, 0.25) is 0 Å². The highest BCUT2D eigenvalue weighted by Gasteiger charge is 2.19. The topological polar surface area (TPSA) is 129 Å². The molecule has 0 atom stereocenters. The number of carbonyl (C=O) groups is 2. The van der Waals surface area contributed by atoms with Crippen LogP contribution in [0.15, 0.2) is 57.7 Å². The van der Waals surface area contributed by atoms with Crippen molar-refractivity contribution in [2.75, 3.05) is 11.9 Å². The molecule has 0 bridgehead atoms. The van der Waals surface area contributed by atoms with Crippen molar-refractivity contribution in [3.63, 3.8) is 0 Å². The van der Waals surface area contributed by atoms with Crippen LogP contribution in [-0.4, -0.2) is 23.4 Å². The highest BCUT2D eigenvalue weighted by Crippen LogP contribution is 2.24. The molecule has 0 saturated heterocycles. The van der Waals surface area contributed by atoms with Crippen LogP contribution in [0, 0.1) is 15.9 Å². The van der Waals surface area contributed by atoms with Crippen molar-refractivity contribution >= 4 is 34.2 Å². The number of nitro benzene ring substituents is 1. The number of halogens is 1. The number of carbonyl (C=O) groups excluding carboxylic acids is 2. The lowest BCUT2D eigenvalue weighted by atomic mass is 10.2. The molecule has 0 saturated carbocycles. The molecule has 1 N–H and O–H groups in total. The average molecular weight is 386 g/mol. The van der Waals surface area contributed by atoms with Crippen molar-refractivity contribution in [2.45, 2.75) is 0 Å². The number of benzene rings is 2. The van der Waals surface area contributed by atoms with Gasteiger partial charge >= 0.3 is 11.6 Å². The quantitative estimate of drug-likeness (QED) is 0.309. The monoisotopic (exact) mass is 386 g/mol. The molecule has 0 fully saturated rings. The van der Waals surface area contributed by atoms with Crippen LogP contribution in [0.1, 0.15) is 10.4 Å². The standard InChI is InChI=1S/C18H11FN2O7/c19-11-5-6-13(14(8-11)21(25)26)20-16(22)9-27-17(23)12-7-10-3-1-2-4-15(10)28-18(12)24/h1-8H,9H2,(H,20,22). The molecule has 1 amide bonds. The van der Waals surface area contributed by atoms with Gasteiger partial charge in [0.25, 0.3) is 11.6 Å². The Kier molecular flexibility index (Phi) is 5.12. The fourth-order valence-corrected chi connectivity index (χ4v) is 2.36. The maximum atomic E-state index is 13.1. The molecule has 0 unspecified atom stereocenters. The van der Waals surface area contributed by atoms with Gasteiger partial charge in [-0.15, -0.1) is 0 Å². The predicted octanol–water partition coefficient (Wildman–Crippen LogP) is 2.64. The highest BCUT2D eigenvalue weighted by atomic mass is 19.1. The Morgan fingerprint density at radius 1 is 1.18 bits per heavy atom. The summed E-state index contributed by atoms with van der Waals surface area (Å²) in [6.07, 6.45) is 0. The van der Waals surface area contributed by atoms with Crippen molar-refractivity contribution in [1.29, 1.82) is 0 Å². The van der Waals surface area contributed by atoms with E-state index in [1.165, 1.54) is 6.07 Å². The first-order valence-corrected chi connectivity index (χ1v) is 7.79. The summed E-state index contributed by atoms with van der Waals surface area (Å²) in [6, 6.07) is 10.3. The van der Waals surface area contributed by atoms with Crippen molar-refractivity contribution in [3.8, 4) is 0 Å². The number of nitrogens with one attached hydrogen (secondary N) is 1. The Bertz CT molecular complexity index is 1160. The highest BCUT2D eigenvalue weighted by molar-refractivity contribution is 5.97. The van der Waals surface area contributed by atoms with Gasteiger partial charge in [-0.25, -0.2) is 14.0 Å². The van der Waals surface area contributed by atoms with E-state index in [4.69, 9.17) is 9.15 Å². The van der Waals surface area contributed by atoms with Crippen LogP contribution < -0.4 is 10.9 Å². The average Bonchev–Trinajstić information content (AvgIpc) is 2.66. The third kappa shape index (κ3) is 4.01. The molecule has 9 nitrogen and oxygen atoms in total. The molecule has 2 aromatic carbocycles. The van der Waals surface area contributed by atoms with Gasteiger partial charge in [0.05, 0.1) is 11.0 Å². The molecular formula is C18H11FN2O7. The minimum atomic E-state index is -1.09. The first kappa shape index (κ1) is 18.7. The first-order chi connectivity index (χ1) is 13.3. The van der Waals surface area contributed by atoms with E-state index in [9.17, 15) is 28.9 Å². The number of ether oxygens (including phenoxy) is 1. The van der Waals surface area contributed by atoms with Gasteiger partial charge in [-0.2, -0.15) is 0 Å². The third-order valence-electron chi connectivity index (χ3n) is 3.63.